The summed E-state index contributed by atoms with van der Waals surface area (Å²) in [5.41, 5.74) is 8.95. The number of aryl methyl sites for hydroxylation is 1. The van der Waals surface area contributed by atoms with Crippen molar-refractivity contribution in [2.24, 2.45) is 0 Å². The zero-order valence-corrected chi connectivity index (χ0v) is 22.4. The largest absolute Gasteiger partial charge is 0.382 e. The van der Waals surface area contributed by atoms with Gasteiger partial charge < -0.3 is 20.9 Å². The molecule has 1 saturated heterocycles. The van der Waals surface area contributed by atoms with Crippen LogP contribution in [0.4, 0.5) is 11.5 Å². The van der Waals surface area contributed by atoms with Crippen molar-refractivity contribution in [3.05, 3.63) is 45.9 Å². The van der Waals surface area contributed by atoms with Gasteiger partial charge in [-0.1, -0.05) is 23.9 Å². The molecular weight excluding hydrogens is 508 g/mol. The molecule has 0 atom stereocenters. The summed E-state index contributed by atoms with van der Waals surface area (Å²) in [6.45, 7) is 4.83. The number of anilines is 2. The molecule has 0 radical (unpaired) electrons. The second-order valence-electron chi connectivity index (χ2n) is 8.69. The first kappa shape index (κ1) is 26.5. The Labute approximate surface area is 223 Å². The van der Waals surface area contributed by atoms with Gasteiger partial charge in [-0.3, -0.25) is 9.59 Å². The molecule has 0 aliphatic carbocycles. The molecule has 37 heavy (non-hydrogen) atoms. The lowest BCUT2D eigenvalue weighted by Gasteiger charge is -2.32. The summed E-state index contributed by atoms with van der Waals surface area (Å²) >= 11 is 2.93. The van der Waals surface area contributed by atoms with Gasteiger partial charge in [0.05, 0.1) is 16.4 Å². The van der Waals surface area contributed by atoms with Crippen LogP contribution in [0.1, 0.15) is 29.6 Å². The first-order valence-electron chi connectivity index (χ1n) is 11.8. The molecule has 2 amide bonds. The van der Waals surface area contributed by atoms with Crippen LogP contribution in [-0.4, -0.2) is 69.8 Å². The third kappa shape index (κ3) is 7.03. The first-order chi connectivity index (χ1) is 17.8. The van der Waals surface area contributed by atoms with E-state index < -0.39 is 0 Å². The van der Waals surface area contributed by atoms with E-state index in [0.29, 0.717) is 40.7 Å². The number of nitrogens with two attached hydrogens (primary N) is 1. The molecule has 192 valence electrons. The van der Waals surface area contributed by atoms with Crippen molar-refractivity contribution in [3.63, 3.8) is 0 Å². The maximum absolute atomic E-state index is 12.5. The van der Waals surface area contributed by atoms with Gasteiger partial charge in [-0.25, -0.2) is 15.0 Å². The Morgan fingerprint density at radius 3 is 2.57 bits per heavy atom. The van der Waals surface area contributed by atoms with Gasteiger partial charge in [0, 0.05) is 68.3 Å². The molecule has 0 spiro atoms. The number of benzene rings is 1. The normalized spacial score (nSPS) is 13.8. The van der Waals surface area contributed by atoms with Gasteiger partial charge in [0.25, 0.3) is 0 Å². The van der Waals surface area contributed by atoms with Gasteiger partial charge in [-0.15, -0.1) is 11.3 Å². The molecule has 12 heteroatoms. The maximum Gasteiger partial charge on any atom is 0.223 e. The molecular formula is C25H28N8O2S2. The third-order valence-electron chi connectivity index (χ3n) is 5.86. The number of thioether (sulfide) groups is 1. The van der Waals surface area contributed by atoms with Crippen molar-refractivity contribution in [2.45, 2.75) is 30.7 Å². The Morgan fingerprint density at radius 2 is 1.89 bits per heavy atom. The van der Waals surface area contributed by atoms with Crippen molar-refractivity contribution >= 4 is 46.4 Å². The fourth-order valence-corrected chi connectivity index (χ4v) is 5.50. The van der Waals surface area contributed by atoms with Crippen LogP contribution in [0.15, 0.2) is 34.8 Å². The standard InChI is InChI=1S/C25H28N8O2S2/c1-16(34)28-18-5-3-17(4-6-18)23-20(13-26)24(27)31-25(30-23)37-15-19-14-36-21(29-19)7-8-22(35)33-11-9-32(2)10-12-33/h3-6,14H,7-12,15H2,1-2H3,(H,28,34)(H2,27,30,31). The molecule has 3 aromatic rings. The minimum Gasteiger partial charge on any atom is -0.382 e. The van der Waals surface area contributed by atoms with Gasteiger partial charge in [0.1, 0.15) is 17.5 Å². The summed E-state index contributed by atoms with van der Waals surface area (Å²) in [7, 11) is 2.07. The van der Waals surface area contributed by atoms with Gasteiger partial charge in [0.15, 0.2) is 5.16 Å². The Morgan fingerprint density at radius 1 is 1.16 bits per heavy atom. The second kappa shape index (κ2) is 12.1. The zero-order valence-electron chi connectivity index (χ0n) is 20.7. The molecule has 3 N–H and O–H groups in total. The molecule has 1 aromatic carbocycles. The lowest BCUT2D eigenvalue weighted by atomic mass is 10.1. The van der Waals surface area contributed by atoms with Crippen molar-refractivity contribution < 1.29 is 9.59 Å². The number of piperazine rings is 1. The Kier molecular flexibility index (Phi) is 8.70. The average Bonchev–Trinajstić information content (AvgIpc) is 3.34. The van der Waals surface area contributed by atoms with E-state index in [-0.39, 0.29) is 23.2 Å². The van der Waals surface area contributed by atoms with Gasteiger partial charge in [-0.05, 0) is 19.2 Å². The highest BCUT2D eigenvalue weighted by atomic mass is 32.2. The summed E-state index contributed by atoms with van der Waals surface area (Å²) in [5, 5.41) is 15.7. The average molecular weight is 537 g/mol. The summed E-state index contributed by atoms with van der Waals surface area (Å²) in [4.78, 5) is 41.5. The fourth-order valence-electron chi connectivity index (χ4n) is 3.85. The number of carbonyl (C=O) groups is 2. The van der Waals surface area contributed by atoms with Crippen LogP contribution in [-0.2, 0) is 21.8 Å². The number of rotatable bonds is 8. The summed E-state index contributed by atoms with van der Waals surface area (Å²) < 4.78 is 0. The third-order valence-corrected chi connectivity index (χ3v) is 7.70. The van der Waals surface area contributed by atoms with Crippen LogP contribution in [0.5, 0.6) is 0 Å². The predicted molar refractivity (Wildman–Crippen MR) is 145 cm³/mol. The quantitative estimate of drug-likeness (QED) is 0.328. The molecule has 10 nitrogen and oxygen atoms in total. The lowest BCUT2D eigenvalue weighted by molar-refractivity contribution is -0.132. The number of hydrogen-bond acceptors (Lipinski definition) is 10. The summed E-state index contributed by atoms with van der Waals surface area (Å²) in [6, 6.07) is 9.13. The van der Waals surface area contributed by atoms with Crippen molar-refractivity contribution in [3.8, 4) is 17.3 Å². The number of hydrogen-bond donors (Lipinski definition) is 2. The van der Waals surface area contributed by atoms with Crippen molar-refractivity contribution in [1.82, 2.24) is 24.8 Å². The molecule has 3 heterocycles. The molecule has 0 bridgehead atoms. The maximum atomic E-state index is 12.5. The van der Waals surface area contributed by atoms with E-state index >= 15 is 0 Å². The number of likely N-dealkylation sites (N-methyl/N-ethyl adjacent to an activating group) is 1. The van der Waals surface area contributed by atoms with Crippen LogP contribution in [0.2, 0.25) is 0 Å². The highest BCUT2D eigenvalue weighted by Crippen LogP contribution is 2.30. The highest BCUT2D eigenvalue weighted by Gasteiger charge is 2.19. The van der Waals surface area contributed by atoms with E-state index in [9.17, 15) is 14.9 Å². The van der Waals surface area contributed by atoms with Crippen LogP contribution >= 0.6 is 23.1 Å². The molecule has 0 saturated carbocycles. The van der Waals surface area contributed by atoms with Gasteiger partial charge in [0.2, 0.25) is 11.8 Å². The van der Waals surface area contributed by atoms with E-state index in [2.05, 4.69) is 38.3 Å². The number of carbonyl (C=O) groups excluding carboxylic acids is 2. The SMILES string of the molecule is CC(=O)Nc1ccc(-c2nc(SCc3csc(CCC(=O)N4CCN(C)CC4)n3)nc(N)c2C#N)cc1. The number of nitrogen functional groups attached to an aromatic ring is 1. The molecule has 2 aromatic heterocycles. The van der Waals surface area contributed by atoms with Crippen LogP contribution in [0.3, 0.4) is 0 Å². The van der Waals surface area contributed by atoms with Crippen molar-refractivity contribution in [2.75, 3.05) is 44.3 Å². The fraction of sp³-hybridized carbons (Fsp3) is 0.360. The monoisotopic (exact) mass is 536 g/mol. The Balaban J connectivity index is 1.38. The number of aromatic nitrogens is 3. The Bertz CT molecular complexity index is 1310. The van der Waals surface area contributed by atoms with Gasteiger partial charge in [-0.2, -0.15) is 5.26 Å². The predicted octanol–water partition coefficient (Wildman–Crippen LogP) is 3.01. The molecule has 4 rings (SSSR count). The molecule has 1 fully saturated rings. The van der Waals surface area contributed by atoms with Crippen LogP contribution in [0.25, 0.3) is 11.3 Å². The smallest absolute Gasteiger partial charge is 0.223 e. The van der Waals surface area contributed by atoms with Crippen molar-refractivity contribution in [1.29, 1.82) is 5.26 Å². The summed E-state index contributed by atoms with van der Waals surface area (Å²) in [6.07, 6.45) is 1.09. The minimum atomic E-state index is -0.165. The summed E-state index contributed by atoms with van der Waals surface area (Å²) in [5.74, 6) is 0.665. The van der Waals surface area contributed by atoms with E-state index in [1.165, 1.54) is 18.7 Å². The Hall–Kier alpha value is -3.53. The lowest BCUT2D eigenvalue weighted by Crippen LogP contribution is -2.47. The molecule has 0 unspecified atom stereocenters. The first-order valence-corrected chi connectivity index (χ1v) is 13.7. The number of nitriles is 1. The van der Waals surface area contributed by atoms with E-state index in [1.54, 1.807) is 35.6 Å². The van der Waals surface area contributed by atoms with E-state index in [1.807, 2.05) is 10.3 Å². The topological polar surface area (TPSA) is 141 Å². The van der Waals surface area contributed by atoms with Crippen LogP contribution in [0, 0.1) is 11.3 Å². The molecule has 1 aliphatic heterocycles. The van der Waals surface area contributed by atoms with E-state index in [4.69, 9.17) is 5.73 Å². The van der Waals surface area contributed by atoms with Gasteiger partial charge >= 0.3 is 0 Å². The number of thiazole rings is 1. The molecule has 1 aliphatic rings. The number of nitrogens with zero attached hydrogens (tertiary/aromatic N) is 6. The second-order valence-corrected chi connectivity index (χ2v) is 10.6. The number of amides is 2. The minimum absolute atomic E-state index is 0.113. The zero-order chi connectivity index (χ0) is 26.4. The highest BCUT2D eigenvalue weighted by molar-refractivity contribution is 7.98. The van der Waals surface area contributed by atoms with Crippen LogP contribution < -0.4 is 11.1 Å². The van der Waals surface area contributed by atoms with E-state index in [0.717, 1.165) is 36.9 Å². The number of nitrogens with one attached hydrogen (secondary N) is 1.